The van der Waals surface area contributed by atoms with Crippen LogP contribution in [0.25, 0.3) is 0 Å². The number of rotatable bonds is 3. The highest BCUT2D eigenvalue weighted by Crippen LogP contribution is 2.27. The minimum atomic E-state index is -4.00. The van der Waals surface area contributed by atoms with Gasteiger partial charge < -0.3 is 4.79 Å². The van der Waals surface area contributed by atoms with E-state index in [0.29, 0.717) is 5.02 Å². The molecule has 0 fully saturated rings. The molecule has 1 aromatic carbocycles. The summed E-state index contributed by atoms with van der Waals surface area (Å²) in [5, 5.41) is 0.451. The first-order valence-corrected chi connectivity index (χ1v) is 5.65. The smallest absolute Gasteiger partial charge is 0.302 e. The topological polar surface area (TPSA) is 43.4 Å². The molecule has 0 amide bonds. The van der Waals surface area contributed by atoms with E-state index < -0.39 is 18.1 Å². The summed E-state index contributed by atoms with van der Waals surface area (Å²) in [6, 6.07) is 4.14. The highest BCUT2D eigenvalue weighted by molar-refractivity contribution is 6.35. The third kappa shape index (κ3) is 7.30. The molecule has 1 rings (SSSR count). The lowest BCUT2D eigenvalue weighted by molar-refractivity contribution is -0.185. The van der Waals surface area contributed by atoms with E-state index in [1.165, 1.54) is 18.2 Å². The van der Waals surface area contributed by atoms with Crippen molar-refractivity contribution in [2.24, 2.45) is 0 Å². The Hall–Kier alpha value is -1.34. The molecule has 0 aliphatic heterocycles. The van der Waals surface area contributed by atoms with Crippen molar-refractivity contribution in [2.75, 3.05) is 0 Å². The van der Waals surface area contributed by atoms with E-state index in [2.05, 4.69) is 4.94 Å². The van der Waals surface area contributed by atoms with Crippen molar-refractivity contribution in [2.45, 2.75) is 19.0 Å². The van der Waals surface area contributed by atoms with Crippen molar-refractivity contribution in [3.8, 4) is 0 Å². The van der Waals surface area contributed by atoms with E-state index >= 15 is 0 Å². The Morgan fingerprint density at radius 1 is 1.35 bits per heavy atom. The zero-order valence-corrected chi connectivity index (χ0v) is 11.4. The number of halogens is 6. The van der Waals surface area contributed by atoms with E-state index in [9.17, 15) is 27.3 Å². The summed E-state index contributed by atoms with van der Waals surface area (Å²) in [4.78, 5) is 24.4. The molecule has 3 nitrogen and oxygen atoms in total. The van der Waals surface area contributed by atoms with Gasteiger partial charge in [-0.25, -0.2) is 4.79 Å². The average Bonchev–Trinajstić information content (AvgIpc) is 2.30. The zero-order chi connectivity index (χ0) is 15.9. The monoisotopic (exact) mass is 334 g/mol. The largest absolute Gasteiger partial charge is 0.386 e. The standard InChI is InChI=1S/C9H5Cl2FO3.C2H3F3/c10-5-1-2-6(8(11)3-5)7(4-13)9(14)15-12;1-2(3,4)5/h1-4,7H;1H3. The third-order valence-electron chi connectivity index (χ3n) is 1.76. The Morgan fingerprint density at radius 2 is 1.85 bits per heavy atom. The molecule has 0 bridgehead atoms. The second-order valence-electron chi connectivity index (χ2n) is 3.46. The zero-order valence-electron chi connectivity index (χ0n) is 9.88. The molecule has 0 N–H and O–H groups in total. The van der Waals surface area contributed by atoms with Gasteiger partial charge in [0.05, 0.1) is 0 Å². The maximum Gasteiger partial charge on any atom is 0.386 e. The van der Waals surface area contributed by atoms with Crippen molar-refractivity contribution in [1.29, 1.82) is 0 Å². The number of alkyl halides is 3. The molecule has 9 heteroatoms. The summed E-state index contributed by atoms with van der Waals surface area (Å²) in [7, 11) is 0. The summed E-state index contributed by atoms with van der Waals surface area (Å²) in [5.41, 5.74) is 0.152. The van der Waals surface area contributed by atoms with Gasteiger partial charge in [-0.1, -0.05) is 29.3 Å². The van der Waals surface area contributed by atoms with Gasteiger partial charge in [0.15, 0.2) is 0 Å². The van der Waals surface area contributed by atoms with E-state index in [1.54, 1.807) is 0 Å². The molecule has 0 aliphatic rings. The molecule has 0 radical (unpaired) electrons. The minimum absolute atomic E-state index is 0.102. The summed E-state index contributed by atoms with van der Waals surface area (Å²) in [6.07, 6.45) is -3.75. The second-order valence-corrected chi connectivity index (χ2v) is 4.30. The summed E-state index contributed by atoms with van der Waals surface area (Å²) in [6.45, 7) is 0.188. The minimum Gasteiger partial charge on any atom is -0.302 e. The molecule has 1 unspecified atom stereocenters. The Labute approximate surface area is 121 Å². The van der Waals surface area contributed by atoms with Gasteiger partial charge in [0.25, 0.3) is 0 Å². The lowest BCUT2D eigenvalue weighted by Gasteiger charge is -2.08. The van der Waals surface area contributed by atoms with Crippen LogP contribution in [0.3, 0.4) is 0 Å². The highest BCUT2D eigenvalue weighted by Gasteiger charge is 2.24. The quantitative estimate of drug-likeness (QED) is 0.471. The van der Waals surface area contributed by atoms with Crippen LogP contribution in [0, 0.1) is 0 Å². The predicted octanol–water partition coefficient (Wildman–Crippen LogP) is 4.27. The number of carbonyl (C=O) groups excluding carboxylic acids is 2. The van der Waals surface area contributed by atoms with Crippen molar-refractivity contribution < 1.29 is 32.2 Å². The number of benzene rings is 1. The van der Waals surface area contributed by atoms with Gasteiger partial charge >= 0.3 is 12.1 Å². The molecule has 112 valence electrons. The predicted molar refractivity (Wildman–Crippen MR) is 64.2 cm³/mol. The van der Waals surface area contributed by atoms with Crippen LogP contribution < -0.4 is 0 Å². The number of aldehydes is 1. The number of hydrogen-bond acceptors (Lipinski definition) is 3. The van der Waals surface area contributed by atoms with E-state index in [-0.39, 0.29) is 23.8 Å². The van der Waals surface area contributed by atoms with Crippen molar-refractivity contribution >= 4 is 35.5 Å². The van der Waals surface area contributed by atoms with E-state index in [4.69, 9.17) is 23.2 Å². The second kappa shape index (κ2) is 8.06. The summed E-state index contributed by atoms with van der Waals surface area (Å²) in [5.74, 6) is -2.69. The Balaban J connectivity index is 0.000000621. The molecular weight excluding hydrogens is 327 g/mol. The molecule has 0 aliphatic carbocycles. The van der Waals surface area contributed by atoms with Crippen LogP contribution >= 0.6 is 23.2 Å². The molecule has 0 heterocycles. The van der Waals surface area contributed by atoms with Crippen molar-refractivity contribution in [3.05, 3.63) is 33.8 Å². The molecule has 20 heavy (non-hydrogen) atoms. The number of carbonyl (C=O) groups is 2. The first-order chi connectivity index (χ1) is 9.10. The van der Waals surface area contributed by atoms with Crippen molar-refractivity contribution in [1.82, 2.24) is 0 Å². The average molecular weight is 335 g/mol. The van der Waals surface area contributed by atoms with Crippen LogP contribution in [0.4, 0.5) is 17.7 Å². The highest BCUT2D eigenvalue weighted by atomic mass is 35.5. The van der Waals surface area contributed by atoms with Gasteiger partial charge in [0, 0.05) is 21.5 Å². The van der Waals surface area contributed by atoms with E-state index in [0.717, 1.165) is 0 Å². The van der Waals surface area contributed by atoms with Crippen LogP contribution in [0.2, 0.25) is 10.0 Å². The molecule has 0 saturated carbocycles. The van der Waals surface area contributed by atoms with Crippen LogP contribution in [0.1, 0.15) is 18.4 Å². The third-order valence-corrected chi connectivity index (χ3v) is 2.33. The lowest BCUT2D eigenvalue weighted by atomic mass is 10.0. The Kier molecular flexibility index (Phi) is 7.52. The first kappa shape index (κ1) is 18.7. The molecule has 1 aromatic rings. The van der Waals surface area contributed by atoms with Crippen LogP contribution in [0.15, 0.2) is 18.2 Å². The van der Waals surface area contributed by atoms with Crippen molar-refractivity contribution in [3.63, 3.8) is 0 Å². The van der Waals surface area contributed by atoms with Gasteiger partial charge in [0.1, 0.15) is 12.2 Å². The fraction of sp³-hybridized carbons (Fsp3) is 0.273. The van der Waals surface area contributed by atoms with Gasteiger partial charge in [0.2, 0.25) is 0 Å². The maximum absolute atomic E-state index is 11.6. The SMILES string of the molecule is CC(F)(F)F.O=CC(C(=O)OF)c1ccc(Cl)cc1Cl. The molecule has 0 aromatic heterocycles. The van der Waals surface area contributed by atoms with Gasteiger partial charge in [-0.05, 0) is 17.7 Å². The maximum atomic E-state index is 11.6. The molecule has 0 spiro atoms. The molecule has 0 saturated heterocycles. The first-order valence-electron chi connectivity index (χ1n) is 4.89. The molecular formula is C11H8Cl2F4O3. The van der Waals surface area contributed by atoms with Gasteiger partial charge in [-0.3, -0.25) is 4.94 Å². The van der Waals surface area contributed by atoms with Crippen LogP contribution in [-0.2, 0) is 14.5 Å². The van der Waals surface area contributed by atoms with E-state index in [1.807, 2.05) is 0 Å². The van der Waals surface area contributed by atoms with Gasteiger partial charge in [-0.15, -0.1) is 0 Å². The van der Waals surface area contributed by atoms with Crippen LogP contribution in [-0.4, -0.2) is 18.4 Å². The van der Waals surface area contributed by atoms with Gasteiger partial charge in [-0.2, -0.15) is 13.2 Å². The van der Waals surface area contributed by atoms with Crippen LogP contribution in [0.5, 0.6) is 0 Å². The number of hydrogen-bond donors (Lipinski definition) is 0. The lowest BCUT2D eigenvalue weighted by Crippen LogP contribution is -2.14. The normalized spacial score (nSPS) is 11.9. The summed E-state index contributed by atoms with van der Waals surface area (Å²) >= 11 is 11.3. The fourth-order valence-electron chi connectivity index (χ4n) is 1.06. The summed E-state index contributed by atoms with van der Waals surface area (Å²) < 4.78 is 42.7. The molecule has 1 atom stereocenters. The fourth-order valence-corrected chi connectivity index (χ4v) is 1.58. The Bertz CT molecular complexity index is 471. The Morgan fingerprint density at radius 3 is 2.20 bits per heavy atom.